The number of Topliss-reactive ketones (excluding diaryl/α,β-unsaturated/α-hetero) is 1. The summed E-state index contributed by atoms with van der Waals surface area (Å²) < 4.78 is 0.972. The van der Waals surface area contributed by atoms with E-state index in [-0.39, 0.29) is 30.6 Å². The Balaban J connectivity index is 0.00000169. The molecule has 0 unspecified atom stereocenters. The van der Waals surface area contributed by atoms with Crippen molar-refractivity contribution in [3.8, 4) is 0 Å². The van der Waals surface area contributed by atoms with E-state index in [1.165, 1.54) is 11.3 Å². The van der Waals surface area contributed by atoms with Crippen molar-refractivity contribution in [1.82, 2.24) is 14.9 Å². The van der Waals surface area contributed by atoms with Crippen molar-refractivity contribution in [2.24, 2.45) is 0 Å². The van der Waals surface area contributed by atoms with Crippen LogP contribution in [0.3, 0.4) is 0 Å². The number of ketones is 1. The number of aryl methyl sites for hydroxylation is 1. The van der Waals surface area contributed by atoms with E-state index in [9.17, 15) is 4.79 Å². The van der Waals surface area contributed by atoms with Crippen LogP contribution < -0.4 is 4.90 Å². The Morgan fingerprint density at radius 3 is 2.54 bits per heavy atom. The van der Waals surface area contributed by atoms with E-state index in [4.69, 9.17) is 0 Å². The standard InChI is InChI=1S/C17H22N4OS2.2ClH/c1-13-16(24-17(19-13)23-2)14(22)6-8-20-9-11-21(12-10-20)15-5-3-4-7-18-15;;/h3-5,7H,6,8-12H2,1-2H3;2*1H. The normalized spacial score (nSPS) is 14.5. The summed E-state index contributed by atoms with van der Waals surface area (Å²) in [5.74, 6) is 1.26. The first-order valence-corrected chi connectivity index (χ1v) is 10.1. The third kappa shape index (κ3) is 5.82. The molecule has 5 nitrogen and oxygen atoms in total. The number of thiazole rings is 1. The highest BCUT2D eigenvalue weighted by atomic mass is 35.5. The molecule has 0 saturated carbocycles. The predicted octanol–water partition coefficient (Wildman–Crippen LogP) is 3.81. The van der Waals surface area contributed by atoms with E-state index in [1.54, 1.807) is 11.8 Å². The van der Waals surface area contributed by atoms with Crippen LogP contribution >= 0.6 is 47.9 Å². The lowest BCUT2D eigenvalue weighted by molar-refractivity contribution is 0.0965. The topological polar surface area (TPSA) is 49.3 Å². The van der Waals surface area contributed by atoms with Gasteiger partial charge in [0, 0.05) is 45.3 Å². The number of pyridine rings is 1. The fourth-order valence-corrected chi connectivity index (χ4v) is 4.41. The minimum absolute atomic E-state index is 0. The first-order chi connectivity index (χ1) is 11.7. The summed E-state index contributed by atoms with van der Waals surface area (Å²) in [6, 6.07) is 6.01. The van der Waals surface area contributed by atoms with E-state index in [0.717, 1.165) is 53.5 Å². The zero-order chi connectivity index (χ0) is 16.9. The van der Waals surface area contributed by atoms with E-state index in [2.05, 4.69) is 25.8 Å². The zero-order valence-corrected chi connectivity index (χ0v) is 18.1. The highest BCUT2D eigenvalue weighted by Crippen LogP contribution is 2.26. The van der Waals surface area contributed by atoms with Crippen LogP contribution in [0.1, 0.15) is 21.8 Å². The monoisotopic (exact) mass is 434 g/mol. The number of halogens is 2. The Morgan fingerprint density at radius 1 is 1.23 bits per heavy atom. The summed E-state index contributed by atoms with van der Waals surface area (Å²) >= 11 is 3.12. The molecule has 0 bridgehead atoms. The first kappa shape index (κ1) is 23.2. The molecule has 9 heteroatoms. The lowest BCUT2D eigenvalue weighted by atomic mass is 10.2. The van der Waals surface area contributed by atoms with Crippen molar-refractivity contribution < 1.29 is 4.79 Å². The van der Waals surface area contributed by atoms with Crippen LogP contribution in [0.5, 0.6) is 0 Å². The number of piperazine rings is 1. The quantitative estimate of drug-likeness (QED) is 0.508. The van der Waals surface area contributed by atoms with E-state index < -0.39 is 0 Å². The van der Waals surface area contributed by atoms with Gasteiger partial charge in [0.25, 0.3) is 0 Å². The number of hydrogen-bond acceptors (Lipinski definition) is 7. The zero-order valence-electron chi connectivity index (χ0n) is 14.9. The highest BCUT2D eigenvalue weighted by Gasteiger charge is 2.20. The van der Waals surface area contributed by atoms with Gasteiger partial charge < -0.3 is 4.90 Å². The molecule has 2 aromatic rings. The highest BCUT2D eigenvalue weighted by molar-refractivity contribution is 8.00. The van der Waals surface area contributed by atoms with Gasteiger partial charge in [-0.25, -0.2) is 9.97 Å². The van der Waals surface area contributed by atoms with Gasteiger partial charge in [0.05, 0.1) is 10.6 Å². The minimum Gasteiger partial charge on any atom is -0.354 e. The molecule has 0 radical (unpaired) electrons. The van der Waals surface area contributed by atoms with Gasteiger partial charge in [0.15, 0.2) is 10.1 Å². The molecule has 1 saturated heterocycles. The number of carbonyl (C=O) groups excluding carboxylic acids is 1. The Morgan fingerprint density at radius 2 is 1.96 bits per heavy atom. The maximum atomic E-state index is 12.4. The average molecular weight is 435 g/mol. The Hall–Kier alpha value is -0.860. The lowest BCUT2D eigenvalue weighted by Gasteiger charge is -2.35. The molecule has 144 valence electrons. The number of hydrogen-bond donors (Lipinski definition) is 0. The van der Waals surface area contributed by atoms with Crippen LogP contribution in [0.25, 0.3) is 0 Å². The molecule has 3 heterocycles. The molecule has 0 spiro atoms. The van der Waals surface area contributed by atoms with Crippen molar-refractivity contribution in [1.29, 1.82) is 0 Å². The molecular formula is C17H24Cl2N4OS2. The van der Waals surface area contributed by atoms with Crippen LogP contribution in [0.15, 0.2) is 28.7 Å². The molecule has 26 heavy (non-hydrogen) atoms. The molecular weight excluding hydrogens is 411 g/mol. The molecule has 2 aromatic heterocycles. The molecule has 1 aliphatic heterocycles. The van der Waals surface area contributed by atoms with Gasteiger partial charge in [-0.1, -0.05) is 17.8 Å². The van der Waals surface area contributed by atoms with Crippen LogP contribution in [0.4, 0.5) is 5.82 Å². The summed E-state index contributed by atoms with van der Waals surface area (Å²) in [7, 11) is 0. The van der Waals surface area contributed by atoms with Crippen molar-refractivity contribution >= 4 is 59.5 Å². The van der Waals surface area contributed by atoms with Crippen LogP contribution in [0.2, 0.25) is 0 Å². The second-order valence-corrected chi connectivity index (χ2v) is 7.84. The van der Waals surface area contributed by atoms with Gasteiger partial charge in [-0.05, 0) is 25.3 Å². The van der Waals surface area contributed by atoms with Crippen LogP contribution in [0, 0.1) is 6.92 Å². The number of carbonyl (C=O) groups is 1. The van der Waals surface area contributed by atoms with Crippen molar-refractivity contribution in [3.05, 3.63) is 35.0 Å². The number of thioether (sulfide) groups is 1. The number of rotatable bonds is 6. The fourth-order valence-electron chi connectivity index (χ4n) is 2.83. The van der Waals surface area contributed by atoms with Crippen molar-refractivity contribution in [2.75, 3.05) is 43.9 Å². The van der Waals surface area contributed by atoms with Gasteiger partial charge in [0.1, 0.15) is 5.82 Å². The SMILES string of the molecule is CSc1nc(C)c(C(=O)CCN2CCN(c3ccccn3)CC2)s1.Cl.Cl. The van der Waals surface area contributed by atoms with Gasteiger partial charge in [-0.15, -0.1) is 36.2 Å². The molecule has 0 aliphatic carbocycles. The van der Waals surface area contributed by atoms with Crippen molar-refractivity contribution in [2.45, 2.75) is 17.7 Å². The van der Waals surface area contributed by atoms with Crippen molar-refractivity contribution in [3.63, 3.8) is 0 Å². The molecule has 1 fully saturated rings. The van der Waals surface area contributed by atoms with E-state index >= 15 is 0 Å². The summed E-state index contributed by atoms with van der Waals surface area (Å²) in [4.78, 5) is 26.8. The summed E-state index contributed by atoms with van der Waals surface area (Å²) in [6.07, 6.45) is 4.40. The largest absolute Gasteiger partial charge is 0.354 e. The molecule has 3 rings (SSSR count). The smallest absolute Gasteiger partial charge is 0.176 e. The Labute approximate surface area is 175 Å². The maximum absolute atomic E-state index is 12.4. The average Bonchev–Trinajstić information content (AvgIpc) is 3.02. The molecule has 0 atom stereocenters. The summed E-state index contributed by atoms with van der Waals surface area (Å²) in [5, 5.41) is 0. The lowest BCUT2D eigenvalue weighted by Crippen LogP contribution is -2.47. The molecule has 0 N–H and O–H groups in total. The second kappa shape index (κ2) is 11.1. The molecule has 0 amide bonds. The second-order valence-electron chi connectivity index (χ2n) is 5.79. The number of aromatic nitrogens is 2. The fraction of sp³-hybridized carbons (Fsp3) is 0.471. The van der Waals surface area contributed by atoms with Gasteiger partial charge in [-0.2, -0.15) is 0 Å². The van der Waals surface area contributed by atoms with Crippen LogP contribution in [-0.4, -0.2) is 59.6 Å². The Bertz CT molecular complexity index is 691. The van der Waals surface area contributed by atoms with Gasteiger partial charge in [-0.3, -0.25) is 9.69 Å². The third-order valence-electron chi connectivity index (χ3n) is 4.21. The summed E-state index contributed by atoms with van der Waals surface area (Å²) in [6.45, 7) is 6.61. The van der Waals surface area contributed by atoms with Crippen LogP contribution in [-0.2, 0) is 0 Å². The molecule has 1 aliphatic rings. The first-order valence-electron chi connectivity index (χ1n) is 8.10. The molecule has 0 aromatic carbocycles. The maximum Gasteiger partial charge on any atom is 0.176 e. The number of nitrogens with zero attached hydrogens (tertiary/aromatic N) is 4. The number of anilines is 1. The Kier molecular flexibility index (Phi) is 9.89. The minimum atomic E-state index is 0. The predicted molar refractivity (Wildman–Crippen MR) is 115 cm³/mol. The van der Waals surface area contributed by atoms with Gasteiger partial charge >= 0.3 is 0 Å². The van der Waals surface area contributed by atoms with Gasteiger partial charge in [0.2, 0.25) is 0 Å². The third-order valence-corrected chi connectivity index (χ3v) is 6.39. The van der Waals surface area contributed by atoms with E-state index in [0.29, 0.717) is 6.42 Å². The summed E-state index contributed by atoms with van der Waals surface area (Å²) in [5.41, 5.74) is 0.870. The van der Waals surface area contributed by atoms with E-state index in [1.807, 2.05) is 31.5 Å².